The van der Waals surface area contributed by atoms with E-state index >= 15 is 0 Å². The van der Waals surface area contributed by atoms with Crippen molar-refractivity contribution in [1.29, 1.82) is 0 Å². The summed E-state index contributed by atoms with van der Waals surface area (Å²) in [6.45, 7) is -1.62. The van der Waals surface area contributed by atoms with Crippen LogP contribution in [0.25, 0.3) is 0 Å². The van der Waals surface area contributed by atoms with Crippen molar-refractivity contribution < 1.29 is 97.3 Å². The SMILES string of the molecule is O[C@H](CNCc1ccccc1)CC(F)(F)C(F)(F)C(F)(F)C(F)(F)C(F)(F)C(F)(F)C(F)(F)C(F)(F)C(F)(F)C(F)(F)F. The predicted molar refractivity (Wildman–Crippen MR) is 99.4 cm³/mol. The molecule has 0 aliphatic heterocycles. The number of aliphatic hydroxyl groups is 1. The Hall–Kier alpha value is -2.33. The van der Waals surface area contributed by atoms with Gasteiger partial charge in [0.15, 0.2) is 0 Å². The summed E-state index contributed by atoms with van der Waals surface area (Å²) >= 11 is 0. The minimum Gasteiger partial charge on any atom is -0.392 e. The third kappa shape index (κ3) is 5.90. The highest BCUT2D eigenvalue weighted by molar-refractivity contribution is 5.18. The number of hydrogen-bond donors (Lipinski definition) is 2. The molecule has 0 aliphatic carbocycles. The minimum atomic E-state index is -9.21. The van der Waals surface area contributed by atoms with Crippen LogP contribution in [0.1, 0.15) is 12.0 Å². The van der Waals surface area contributed by atoms with Crippen LogP contribution in [0.2, 0.25) is 0 Å². The highest BCUT2D eigenvalue weighted by atomic mass is 19.4. The molecule has 0 aromatic heterocycles. The fourth-order valence-electron chi connectivity index (χ4n) is 3.07. The summed E-state index contributed by atoms with van der Waals surface area (Å²) in [5, 5.41) is 11.5. The van der Waals surface area contributed by atoms with Gasteiger partial charge in [-0.05, 0) is 5.56 Å². The van der Waals surface area contributed by atoms with Gasteiger partial charge >= 0.3 is 59.5 Å². The van der Waals surface area contributed by atoms with Gasteiger partial charge in [-0.15, -0.1) is 0 Å². The lowest BCUT2D eigenvalue weighted by atomic mass is 9.85. The summed E-state index contributed by atoms with van der Waals surface area (Å²) in [4.78, 5) is 0. The fourth-order valence-corrected chi connectivity index (χ4v) is 3.07. The van der Waals surface area contributed by atoms with Gasteiger partial charge in [0.25, 0.3) is 0 Å². The van der Waals surface area contributed by atoms with Gasteiger partial charge in [0.2, 0.25) is 0 Å². The molecule has 2 nitrogen and oxygen atoms in total. The standard InChI is InChI=1S/C20H14F21NO/c21-11(22,6-10(43)8-42-7-9-4-2-1-3-5-9)12(23,24)13(25,26)14(27,28)15(29,30)16(31,32)17(33,34)18(35,36)19(37,38)20(39,40)41/h1-5,10,42-43H,6-8H2/t10-/m0/s1. The maximum atomic E-state index is 13.9. The lowest BCUT2D eigenvalue weighted by Gasteiger charge is -2.44. The van der Waals surface area contributed by atoms with Crippen molar-refractivity contribution in [2.75, 3.05) is 6.54 Å². The lowest BCUT2D eigenvalue weighted by molar-refractivity contribution is -0.474. The number of nitrogens with one attached hydrogen (secondary N) is 1. The third-order valence-electron chi connectivity index (χ3n) is 5.62. The van der Waals surface area contributed by atoms with Crippen molar-refractivity contribution in [2.24, 2.45) is 0 Å². The Morgan fingerprint density at radius 2 is 0.814 bits per heavy atom. The number of alkyl halides is 21. The highest BCUT2D eigenvalue weighted by Gasteiger charge is 2.97. The van der Waals surface area contributed by atoms with Crippen LogP contribution in [0, 0.1) is 0 Å². The largest absolute Gasteiger partial charge is 0.460 e. The normalized spacial score (nSPS) is 16.4. The fraction of sp³-hybridized carbons (Fsp3) is 0.700. The topological polar surface area (TPSA) is 32.3 Å². The molecule has 1 aromatic carbocycles. The molecule has 43 heavy (non-hydrogen) atoms. The van der Waals surface area contributed by atoms with Crippen LogP contribution in [0.3, 0.4) is 0 Å². The number of rotatable bonds is 14. The van der Waals surface area contributed by atoms with E-state index in [2.05, 4.69) is 5.32 Å². The third-order valence-corrected chi connectivity index (χ3v) is 5.62. The molecule has 0 unspecified atom stereocenters. The molecule has 0 radical (unpaired) electrons. The Labute approximate surface area is 224 Å². The van der Waals surface area contributed by atoms with Crippen LogP contribution < -0.4 is 5.32 Å². The molecule has 0 amide bonds. The maximum absolute atomic E-state index is 13.9. The van der Waals surface area contributed by atoms with Crippen molar-refractivity contribution >= 4 is 0 Å². The van der Waals surface area contributed by atoms with Gasteiger partial charge in [-0.3, -0.25) is 0 Å². The molecule has 0 aliphatic rings. The summed E-state index contributed by atoms with van der Waals surface area (Å²) in [5.41, 5.74) is 0.316. The molecule has 1 atom stereocenters. The average molecular weight is 683 g/mol. The van der Waals surface area contributed by atoms with Crippen LogP contribution in [-0.4, -0.2) is 77.2 Å². The Kier molecular flexibility index (Phi) is 10.1. The molecule has 0 saturated heterocycles. The summed E-state index contributed by atoms with van der Waals surface area (Å²) in [7, 11) is 0. The second-order valence-corrected chi connectivity index (χ2v) is 8.77. The monoisotopic (exact) mass is 683 g/mol. The minimum absolute atomic E-state index is 0.316. The second-order valence-electron chi connectivity index (χ2n) is 8.77. The zero-order valence-electron chi connectivity index (χ0n) is 20.0. The van der Waals surface area contributed by atoms with Gasteiger partial charge in [-0.1, -0.05) is 30.3 Å². The van der Waals surface area contributed by atoms with Crippen molar-refractivity contribution in [3.05, 3.63) is 35.9 Å². The zero-order chi connectivity index (χ0) is 34.5. The van der Waals surface area contributed by atoms with Crippen molar-refractivity contribution in [1.82, 2.24) is 5.32 Å². The number of benzene rings is 1. The van der Waals surface area contributed by atoms with Crippen molar-refractivity contribution in [2.45, 2.75) is 78.5 Å². The molecule has 1 rings (SSSR count). The molecule has 0 bridgehead atoms. The van der Waals surface area contributed by atoms with Gasteiger partial charge in [0.1, 0.15) is 0 Å². The van der Waals surface area contributed by atoms with E-state index in [4.69, 9.17) is 0 Å². The van der Waals surface area contributed by atoms with E-state index in [0.717, 1.165) is 0 Å². The van der Waals surface area contributed by atoms with E-state index in [9.17, 15) is 97.3 Å². The van der Waals surface area contributed by atoms with E-state index in [1.165, 1.54) is 30.3 Å². The van der Waals surface area contributed by atoms with E-state index < -0.39 is 78.5 Å². The maximum Gasteiger partial charge on any atom is 0.460 e. The van der Waals surface area contributed by atoms with Crippen LogP contribution in [0.4, 0.5) is 92.2 Å². The van der Waals surface area contributed by atoms with Gasteiger partial charge in [0, 0.05) is 19.5 Å². The van der Waals surface area contributed by atoms with Crippen LogP contribution >= 0.6 is 0 Å². The molecule has 2 N–H and O–H groups in total. The van der Waals surface area contributed by atoms with E-state index in [1.54, 1.807) is 0 Å². The molecular weight excluding hydrogens is 669 g/mol. The summed E-state index contributed by atoms with van der Waals surface area (Å²) in [6, 6.07) is 6.99. The zero-order valence-corrected chi connectivity index (χ0v) is 20.0. The summed E-state index contributed by atoms with van der Waals surface area (Å²) in [5.74, 6) is -77.5. The van der Waals surface area contributed by atoms with E-state index in [-0.39, 0.29) is 6.54 Å². The smallest absolute Gasteiger partial charge is 0.392 e. The van der Waals surface area contributed by atoms with Gasteiger partial charge < -0.3 is 10.4 Å². The van der Waals surface area contributed by atoms with Crippen LogP contribution in [-0.2, 0) is 6.54 Å². The number of aliphatic hydroxyl groups excluding tert-OH is 1. The summed E-state index contributed by atoms with van der Waals surface area (Å²) < 4.78 is 281. The molecule has 0 saturated carbocycles. The summed E-state index contributed by atoms with van der Waals surface area (Å²) in [6.07, 6.45) is -14.0. The van der Waals surface area contributed by atoms with Gasteiger partial charge in [0.05, 0.1) is 6.10 Å². The average Bonchev–Trinajstić information content (AvgIpc) is 2.82. The van der Waals surface area contributed by atoms with Gasteiger partial charge in [-0.2, -0.15) is 92.2 Å². The lowest BCUT2D eigenvalue weighted by Crippen LogP contribution is -2.76. The quantitative estimate of drug-likeness (QED) is 0.196. The molecule has 0 spiro atoms. The molecule has 0 heterocycles. The Bertz CT molecular complexity index is 1080. The van der Waals surface area contributed by atoms with Crippen molar-refractivity contribution in [3.63, 3.8) is 0 Å². The molecule has 1 aromatic rings. The number of halogens is 21. The molecule has 252 valence electrons. The Balaban J connectivity index is 3.44. The molecule has 23 heteroatoms. The number of hydrogen-bond acceptors (Lipinski definition) is 2. The van der Waals surface area contributed by atoms with Crippen molar-refractivity contribution in [3.8, 4) is 0 Å². The Morgan fingerprint density at radius 1 is 0.488 bits per heavy atom. The van der Waals surface area contributed by atoms with Gasteiger partial charge in [-0.25, -0.2) is 0 Å². The van der Waals surface area contributed by atoms with E-state index in [1.807, 2.05) is 0 Å². The first-order valence-electron chi connectivity index (χ1n) is 10.6. The Morgan fingerprint density at radius 3 is 1.16 bits per heavy atom. The van der Waals surface area contributed by atoms with Crippen LogP contribution in [0.15, 0.2) is 30.3 Å². The van der Waals surface area contributed by atoms with Crippen LogP contribution in [0.5, 0.6) is 0 Å². The highest BCUT2D eigenvalue weighted by Crippen LogP contribution is 2.66. The first-order chi connectivity index (χ1) is 18.7. The molecule has 0 fully saturated rings. The van der Waals surface area contributed by atoms with E-state index in [0.29, 0.717) is 5.56 Å². The first kappa shape index (κ1) is 38.7. The second kappa shape index (κ2) is 11.2. The first-order valence-corrected chi connectivity index (χ1v) is 10.6. The molecular formula is C20H14F21NO. The predicted octanol–water partition coefficient (Wildman–Crippen LogP) is 7.81.